The number of aliphatic hydroxyl groups is 1. The molecule has 0 radical (unpaired) electrons. The molecule has 0 heterocycles. The normalized spacial score (nSPS) is 30.0. The second-order valence-corrected chi connectivity index (χ2v) is 11.9. The molecule has 5 N–H and O–H groups in total. The summed E-state index contributed by atoms with van der Waals surface area (Å²) >= 11 is 0. The van der Waals surface area contributed by atoms with Crippen molar-refractivity contribution in [3.05, 3.63) is 46.6 Å². The van der Waals surface area contributed by atoms with Gasteiger partial charge in [0.1, 0.15) is 5.75 Å². The van der Waals surface area contributed by atoms with Crippen LogP contribution in [0.1, 0.15) is 34.3 Å². The molecule has 0 saturated heterocycles. The number of carbonyl (C=O) groups is 6. The van der Waals surface area contributed by atoms with Crippen LogP contribution in [0.2, 0.25) is 0 Å². The Balaban J connectivity index is 1.57. The highest BCUT2D eigenvalue weighted by Gasteiger charge is 2.69. The summed E-state index contributed by atoms with van der Waals surface area (Å²) in [7, 11) is 6.60. The number of nitrogens with two attached hydrogens (primary N) is 1. The molecule has 6 atom stereocenters. The van der Waals surface area contributed by atoms with Crippen LogP contribution in [0.4, 0.5) is 5.69 Å². The molecule has 12 heteroatoms. The Bertz CT molecular complexity index is 1510. The van der Waals surface area contributed by atoms with E-state index in [9.17, 15) is 39.0 Å². The molecule has 5 rings (SSSR count). The van der Waals surface area contributed by atoms with Crippen LogP contribution < -0.4 is 16.0 Å². The van der Waals surface area contributed by atoms with Crippen molar-refractivity contribution in [2.75, 3.05) is 33.1 Å². The molecule has 42 heavy (non-hydrogen) atoms. The summed E-state index contributed by atoms with van der Waals surface area (Å²) in [5, 5.41) is 25.8. The molecule has 1 aromatic carbocycles. The van der Waals surface area contributed by atoms with Crippen molar-refractivity contribution in [2.24, 2.45) is 29.4 Å². The van der Waals surface area contributed by atoms with Gasteiger partial charge in [0, 0.05) is 43.4 Å². The average Bonchev–Trinajstić information content (AvgIpc) is 3.45. The molecule has 0 spiro atoms. The molecule has 4 aliphatic carbocycles. The van der Waals surface area contributed by atoms with Crippen LogP contribution in [-0.2, 0) is 36.9 Å². The van der Waals surface area contributed by atoms with E-state index < -0.39 is 70.1 Å². The van der Waals surface area contributed by atoms with E-state index >= 15 is 0 Å². The van der Waals surface area contributed by atoms with Crippen LogP contribution in [0, 0.1) is 23.7 Å². The maximum atomic E-state index is 14.1. The Morgan fingerprint density at radius 2 is 1.81 bits per heavy atom. The van der Waals surface area contributed by atoms with Gasteiger partial charge in [0.2, 0.25) is 11.8 Å². The predicted molar refractivity (Wildman–Crippen MR) is 149 cm³/mol. The number of ketones is 4. The number of hydrogen-bond acceptors (Lipinski definition) is 10. The number of anilines is 1. The monoisotopic (exact) mass is 578 g/mol. The fourth-order valence-electron chi connectivity index (χ4n) is 7.14. The number of fused-ring (bicyclic) bond motifs is 3. The zero-order valence-corrected chi connectivity index (χ0v) is 23.8. The molecule has 4 aliphatic rings. The van der Waals surface area contributed by atoms with Crippen LogP contribution in [0.25, 0.3) is 0 Å². The molecular formula is C30H34N4O8. The number of likely N-dealkylation sites (N-methyl/N-ethyl adjacent to an activating group) is 1. The van der Waals surface area contributed by atoms with Gasteiger partial charge in [-0.25, -0.2) is 0 Å². The Morgan fingerprint density at radius 1 is 1.12 bits per heavy atom. The third-order valence-corrected chi connectivity index (χ3v) is 9.10. The molecule has 3 unspecified atom stereocenters. The minimum Gasteiger partial charge on any atom is -0.507 e. The minimum absolute atomic E-state index is 0.0293. The highest BCUT2D eigenvalue weighted by atomic mass is 16.3. The number of nitrogens with one attached hydrogen (secondary N) is 1. The summed E-state index contributed by atoms with van der Waals surface area (Å²) in [5.74, 6) is -11.4. The summed E-state index contributed by atoms with van der Waals surface area (Å²) in [6.45, 7) is -0.0944. The molecule has 12 nitrogen and oxygen atoms in total. The number of carbonyl (C=O) groups excluding carboxylic acids is 6. The van der Waals surface area contributed by atoms with E-state index in [-0.39, 0.29) is 36.4 Å². The number of primary amides is 1. The lowest BCUT2D eigenvalue weighted by Crippen LogP contribution is -2.74. The van der Waals surface area contributed by atoms with Gasteiger partial charge in [0.15, 0.2) is 34.7 Å². The lowest BCUT2D eigenvalue weighted by molar-refractivity contribution is -0.181. The number of allylic oxidation sites excluding steroid dienone is 3. The predicted octanol–water partition coefficient (Wildman–Crippen LogP) is -0.564. The summed E-state index contributed by atoms with van der Waals surface area (Å²) < 4.78 is 0. The lowest BCUT2D eigenvalue weighted by atomic mass is 9.52. The van der Waals surface area contributed by atoms with Gasteiger partial charge in [-0.15, -0.1) is 0 Å². The number of Topliss-reactive ketones (excluding diaryl/α,β-unsaturated/α-hetero) is 4. The van der Waals surface area contributed by atoms with Crippen LogP contribution in [0.15, 0.2) is 29.9 Å². The van der Waals surface area contributed by atoms with E-state index in [2.05, 4.69) is 5.32 Å². The van der Waals surface area contributed by atoms with Crippen LogP contribution in [-0.4, -0.2) is 89.9 Å². The van der Waals surface area contributed by atoms with Gasteiger partial charge in [-0.05, 0) is 50.9 Å². The molecule has 1 aromatic rings. The fourth-order valence-corrected chi connectivity index (χ4v) is 7.14. The van der Waals surface area contributed by atoms with Gasteiger partial charge in [-0.1, -0.05) is 18.2 Å². The topological polar surface area (TPSA) is 187 Å². The molecule has 222 valence electrons. The van der Waals surface area contributed by atoms with E-state index in [1.54, 1.807) is 37.2 Å². The highest BCUT2D eigenvalue weighted by Crippen LogP contribution is 2.52. The van der Waals surface area contributed by atoms with Crippen LogP contribution in [0.3, 0.4) is 0 Å². The largest absolute Gasteiger partial charge is 0.507 e. The first kappa shape index (κ1) is 29.3. The van der Waals surface area contributed by atoms with E-state index in [0.717, 1.165) is 0 Å². The molecule has 0 aliphatic heterocycles. The van der Waals surface area contributed by atoms with Crippen molar-refractivity contribution in [1.82, 2.24) is 10.2 Å². The smallest absolute Gasteiger partial charge is 0.247 e. The lowest BCUT2D eigenvalue weighted by Gasteiger charge is -2.52. The van der Waals surface area contributed by atoms with E-state index in [1.165, 1.54) is 19.0 Å². The first-order chi connectivity index (χ1) is 19.7. The molecule has 0 aromatic heterocycles. The zero-order valence-electron chi connectivity index (χ0n) is 23.8. The van der Waals surface area contributed by atoms with Gasteiger partial charge in [0.25, 0.3) is 0 Å². The van der Waals surface area contributed by atoms with Crippen molar-refractivity contribution in [3.63, 3.8) is 0 Å². The van der Waals surface area contributed by atoms with Crippen molar-refractivity contribution in [3.8, 4) is 5.75 Å². The Kier molecular flexibility index (Phi) is 7.18. The van der Waals surface area contributed by atoms with Gasteiger partial charge in [-0.3, -0.25) is 33.7 Å². The summed E-state index contributed by atoms with van der Waals surface area (Å²) in [6.07, 6.45) is 5.89. The van der Waals surface area contributed by atoms with Crippen LogP contribution >= 0.6 is 0 Å². The number of rotatable bonds is 6. The van der Waals surface area contributed by atoms with Gasteiger partial charge in [-0.2, -0.15) is 0 Å². The second kappa shape index (κ2) is 10.3. The standard InChI is InChI=1S/C30H34N4O8/c1-33(2)18-11-15(12-32-29(41)13-7-5-6-8-13)23(35)20-16(18)9-14-10-17-22(34(3)4)25(37)21(28(31)40)27(39)30(17,42)26(38)19(14)24(20)36/h5-7,11,14,17,19,21-22,35,42H,8-10,12H2,1-4H3,(H2,31,40)(H,32,41)/t14-,17-,19?,21?,22?,30-/m1/s1. The van der Waals surface area contributed by atoms with E-state index in [4.69, 9.17) is 5.73 Å². The Morgan fingerprint density at radius 3 is 2.38 bits per heavy atom. The molecule has 2 saturated carbocycles. The Hall–Kier alpha value is -4.16. The number of aromatic hydroxyl groups is 1. The fraction of sp³-hybridized carbons (Fsp3) is 0.467. The number of amides is 2. The third-order valence-electron chi connectivity index (χ3n) is 9.10. The Labute approximate surface area is 242 Å². The second-order valence-electron chi connectivity index (χ2n) is 11.9. The minimum atomic E-state index is -2.79. The van der Waals surface area contributed by atoms with Gasteiger partial charge >= 0.3 is 0 Å². The van der Waals surface area contributed by atoms with E-state index in [0.29, 0.717) is 23.2 Å². The third kappa shape index (κ3) is 4.19. The highest BCUT2D eigenvalue weighted by molar-refractivity contribution is 6.32. The zero-order chi connectivity index (χ0) is 30.8. The number of phenolic OH excluding ortho intramolecular Hbond substituents is 1. The first-order valence-corrected chi connectivity index (χ1v) is 13.7. The summed E-state index contributed by atoms with van der Waals surface area (Å²) in [4.78, 5) is 82.7. The van der Waals surface area contributed by atoms with Gasteiger partial charge in [0.05, 0.1) is 17.5 Å². The first-order valence-electron chi connectivity index (χ1n) is 13.7. The number of nitrogens with zero attached hydrogens (tertiary/aromatic N) is 2. The van der Waals surface area contributed by atoms with Crippen molar-refractivity contribution in [2.45, 2.75) is 37.5 Å². The average molecular weight is 579 g/mol. The van der Waals surface area contributed by atoms with E-state index in [1.807, 2.05) is 6.08 Å². The summed E-state index contributed by atoms with van der Waals surface area (Å²) in [6, 6.07) is 0.516. The van der Waals surface area contributed by atoms with Crippen molar-refractivity contribution in [1.29, 1.82) is 0 Å². The number of benzene rings is 1. The molecule has 2 amide bonds. The molecule has 0 bridgehead atoms. The molecule has 2 fully saturated rings. The quantitative estimate of drug-likeness (QED) is 0.319. The maximum Gasteiger partial charge on any atom is 0.247 e. The number of hydrogen-bond donors (Lipinski definition) is 4. The van der Waals surface area contributed by atoms with Crippen molar-refractivity contribution >= 4 is 40.6 Å². The maximum absolute atomic E-state index is 14.1. The molecular weight excluding hydrogens is 544 g/mol. The van der Waals surface area contributed by atoms with Crippen molar-refractivity contribution < 1.29 is 39.0 Å². The number of phenols is 1. The summed E-state index contributed by atoms with van der Waals surface area (Å²) in [5.41, 5.74) is 4.36. The van der Waals surface area contributed by atoms with Gasteiger partial charge < -0.3 is 26.2 Å². The van der Waals surface area contributed by atoms with Crippen LogP contribution in [0.5, 0.6) is 5.75 Å². The SMILES string of the molecule is CN(C)c1cc(CNC(=O)C2=CC=CC2)c(O)c2c1C[C@@H]1C[C@@H]3C(N(C)C)C(=O)C(C(N)=O)C(=O)[C@]3(O)C(=O)C1C2=O.